The van der Waals surface area contributed by atoms with Gasteiger partial charge in [-0.25, -0.2) is 0 Å². The molecule has 3 heteroatoms. The van der Waals surface area contributed by atoms with E-state index in [-0.39, 0.29) is 5.56 Å². The summed E-state index contributed by atoms with van der Waals surface area (Å²) < 4.78 is 1.84. The molecule has 1 aromatic carbocycles. The summed E-state index contributed by atoms with van der Waals surface area (Å²) >= 11 is 0. The highest BCUT2D eigenvalue weighted by Crippen LogP contribution is 2.26. The maximum absolute atomic E-state index is 13.0. The van der Waals surface area contributed by atoms with E-state index in [9.17, 15) is 4.79 Å². The number of aromatic nitrogens is 2. The molecule has 0 atom stereocenters. The van der Waals surface area contributed by atoms with Crippen molar-refractivity contribution in [1.29, 1.82) is 0 Å². The summed E-state index contributed by atoms with van der Waals surface area (Å²) in [5.74, 6) is 0. The average molecular weight is 306 g/mol. The fourth-order valence-corrected chi connectivity index (χ4v) is 3.13. The molecule has 0 fully saturated rings. The highest BCUT2D eigenvalue weighted by molar-refractivity contribution is 5.84. The molecule has 3 aromatic rings. The molecule has 3 nitrogen and oxygen atoms in total. The quantitative estimate of drug-likeness (QED) is 0.707. The van der Waals surface area contributed by atoms with Crippen molar-refractivity contribution in [3.63, 3.8) is 0 Å². The van der Waals surface area contributed by atoms with Crippen molar-refractivity contribution in [1.82, 2.24) is 9.55 Å². The average Bonchev–Trinajstić information content (AvgIpc) is 2.51. The van der Waals surface area contributed by atoms with Crippen LogP contribution < -0.4 is 5.56 Å². The van der Waals surface area contributed by atoms with Crippen LogP contribution in [0.3, 0.4) is 0 Å². The lowest BCUT2D eigenvalue weighted by Gasteiger charge is -2.14. The molecule has 0 aliphatic carbocycles. The normalized spacial score (nSPS) is 11.2. The molecule has 0 radical (unpaired) electrons. The molecule has 118 valence electrons. The first kappa shape index (κ1) is 15.5. The first-order chi connectivity index (χ1) is 10.9. The third-order valence-electron chi connectivity index (χ3n) is 4.56. The van der Waals surface area contributed by atoms with Crippen LogP contribution in [-0.4, -0.2) is 9.55 Å². The van der Waals surface area contributed by atoms with Crippen molar-refractivity contribution in [3.05, 3.63) is 63.2 Å². The van der Waals surface area contributed by atoms with Crippen molar-refractivity contribution in [2.45, 2.75) is 41.2 Å². The van der Waals surface area contributed by atoms with E-state index >= 15 is 0 Å². The Morgan fingerprint density at radius 2 is 1.61 bits per heavy atom. The van der Waals surface area contributed by atoms with Crippen LogP contribution >= 0.6 is 0 Å². The third kappa shape index (κ3) is 2.56. The van der Waals surface area contributed by atoms with E-state index in [0.29, 0.717) is 6.54 Å². The Balaban J connectivity index is 2.39. The van der Waals surface area contributed by atoms with E-state index in [0.717, 1.165) is 33.3 Å². The highest BCUT2D eigenvalue weighted by Gasteiger charge is 2.13. The van der Waals surface area contributed by atoms with Gasteiger partial charge in [-0.15, -0.1) is 0 Å². The smallest absolute Gasteiger partial charge is 0.258 e. The van der Waals surface area contributed by atoms with Crippen LogP contribution in [0.5, 0.6) is 0 Å². The summed E-state index contributed by atoms with van der Waals surface area (Å²) in [6, 6.07) is 8.23. The van der Waals surface area contributed by atoms with Gasteiger partial charge in [-0.05, 0) is 69.0 Å². The van der Waals surface area contributed by atoms with Gasteiger partial charge in [0.25, 0.3) is 5.56 Å². The summed E-state index contributed by atoms with van der Waals surface area (Å²) in [5, 5.41) is 1.00. The lowest BCUT2D eigenvalue weighted by molar-refractivity contribution is 0.760. The first-order valence-electron chi connectivity index (χ1n) is 8.00. The van der Waals surface area contributed by atoms with Gasteiger partial charge < -0.3 is 4.57 Å². The van der Waals surface area contributed by atoms with E-state index in [1.54, 1.807) is 0 Å². The molecule has 2 heterocycles. The minimum atomic E-state index is 0.0666. The van der Waals surface area contributed by atoms with Crippen molar-refractivity contribution in [3.8, 4) is 11.1 Å². The van der Waals surface area contributed by atoms with Crippen LogP contribution in [0.4, 0.5) is 0 Å². The van der Waals surface area contributed by atoms with Crippen molar-refractivity contribution < 1.29 is 0 Å². The number of benzene rings is 1. The SMILES string of the molecule is CCn1c(=O)c(-c2cc(C)c(C)cc2C)cc2cnc(C)cc21. The molecule has 2 aromatic heterocycles. The summed E-state index contributed by atoms with van der Waals surface area (Å²) in [7, 11) is 0. The molecule has 0 saturated heterocycles. The molecule has 0 N–H and O–H groups in total. The molecule has 0 aliphatic heterocycles. The van der Waals surface area contributed by atoms with Gasteiger partial charge in [0.15, 0.2) is 0 Å². The zero-order chi connectivity index (χ0) is 16.7. The second kappa shape index (κ2) is 5.65. The summed E-state index contributed by atoms with van der Waals surface area (Å²) in [6.45, 7) is 10.9. The van der Waals surface area contributed by atoms with Crippen molar-refractivity contribution in [2.24, 2.45) is 0 Å². The van der Waals surface area contributed by atoms with Crippen LogP contribution in [0.2, 0.25) is 0 Å². The van der Waals surface area contributed by atoms with Gasteiger partial charge in [0, 0.05) is 29.4 Å². The van der Waals surface area contributed by atoms with Gasteiger partial charge in [0.2, 0.25) is 0 Å². The maximum atomic E-state index is 13.0. The van der Waals surface area contributed by atoms with Gasteiger partial charge in [0.05, 0.1) is 5.52 Å². The minimum absolute atomic E-state index is 0.0666. The second-order valence-electron chi connectivity index (χ2n) is 6.24. The lowest BCUT2D eigenvalue weighted by Crippen LogP contribution is -2.21. The Hall–Kier alpha value is -2.42. The summed E-state index contributed by atoms with van der Waals surface area (Å²) in [4.78, 5) is 17.4. The number of hydrogen-bond acceptors (Lipinski definition) is 2. The number of aryl methyl sites for hydroxylation is 5. The Bertz CT molecular complexity index is 968. The Labute approximate surface area is 136 Å². The topological polar surface area (TPSA) is 34.9 Å². The van der Waals surface area contributed by atoms with Crippen LogP contribution in [0, 0.1) is 27.7 Å². The fraction of sp³-hybridized carbons (Fsp3) is 0.300. The molecular weight excluding hydrogens is 284 g/mol. The zero-order valence-corrected chi connectivity index (χ0v) is 14.4. The van der Waals surface area contributed by atoms with Gasteiger partial charge in [-0.1, -0.05) is 12.1 Å². The second-order valence-corrected chi connectivity index (χ2v) is 6.24. The van der Waals surface area contributed by atoms with Gasteiger partial charge in [-0.2, -0.15) is 0 Å². The predicted molar refractivity (Wildman–Crippen MR) is 96.1 cm³/mol. The van der Waals surface area contributed by atoms with Crippen LogP contribution in [0.1, 0.15) is 29.3 Å². The molecular formula is C20H22N2O. The molecule has 23 heavy (non-hydrogen) atoms. The molecule has 0 aliphatic rings. The van der Waals surface area contributed by atoms with E-state index in [4.69, 9.17) is 0 Å². The van der Waals surface area contributed by atoms with E-state index in [1.165, 1.54) is 11.1 Å². The van der Waals surface area contributed by atoms with Gasteiger partial charge in [-0.3, -0.25) is 9.78 Å². The number of fused-ring (bicyclic) bond motifs is 1. The minimum Gasteiger partial charge on any atom is -0.308 e. The van der Waals surface area contributed by atoms with Crippen LogP contribution in [0.15, 0.2) is 35.3 Å². The van der Waals surface area contributed by atoms with Crippen LogP contribution in [-0.2, 0) is 6.54 Å². The predicted octanol–water partition coefficient (Wildman–Crippen LogP) is 4.32. The van der Waals surface area contributed by atoms with Crippen LogP contribution in [0.25, 0.3) is 22.0 Å². The number of pyridine rings is 2. The van der Waals surface area contributed by atoms with E-state index in [2.05, 4.69) is 37.9 Å². The molecule has 0 spiro atoms. The van der Waals surface area contributed by atoms with Gasteiger partial charge >= 0.3 is 0 Å². The van der Waals surface area contributed by atoms with Gasteiger partial charge in [0.1, 0.15) is 0 Å². The first-order valence-corrected chi connectivity index (χ1v) is 8.00. The Morgan fingerprint density at radius 1 is 0.913 bits per heavy atom. The highest BCUT2D eigenvalue weighted by atomic mass is 16.1. The molecule has 0 saturated carbocycles. The monoisotopic (exact) mass is 306 g/mol. The molecule has 3 rings (SSSR count). The van der Waals surface area contributed by atoms with E-state index < -0.39 is 0 Å². The molecule has 0 unspecified atom stereocenters. The molecule has 0 amide bonds. The van der Waals surface area contributed by atoms with Crippen molar-refractivity contribution >= 4 is 10.9 Å². The number of rotatable bonds is 2. The summed E-state index contributed by atoms with van der Waals surface area (Å²) in [6.07, 6.45) is 1.86. The van der Waals surface area contributed by atoms with E-state index in [1.807, 2.05) is 36.7 Å². The Kier molecular flexibility index (Phi) is 3.80. The Morgan fingerprint density at radius 3 is 2.30 bits per heavy atom. The largest absolute Gasteiger partial charge is 0.308 e. The third-order valence-corrected chi connectivity index (χ3v) is 4.56. The molecule has 0 bridgehead atoms. The summed E-state index contributed by atoms with van der Waals surface area (Å²) in [5.41, 5.74) is 7.30. The number of hydrogen-bond donors (Lipinski definition) is 0. The maximum Gasteiger partial charge on any atom is 0.258 e. The fourth-order valence-electron chi connectivity index (χ4n) is 3.13. The zero-order valence-electron chi connectivity index (χ0n) is 14.4. The number of nitrogens with zero attached hydrogens (tertiary/aromatic N) is 2. The van der Waals surface area contributed by atoms with Crippen molar-refractivity contribution in [2.75, 3.05) is 0 Å². The lowest BCUT2D eigenvalue weighted by atomic mass is 9.95. The standard InChI is InChI=1S/C20H22N2O/c1-6-22-19-9-15(5)21-11-16(19)10-18(20(22)23)17-8-13(3)12(2)7-14(17)4/h7-11H,6H2,1-5H3.